The summed E-state index contributed by atoms with van der Waals surface area (Å²) in [4.78, 5) is 0. The Hall–Kier alpha value is -1.08. The summed E-state index contributed by atoms with van der Waals surface area (Å²) in [6, 6.07) is 3.39. The number of rotatable bonds is 4. The third-order valence-corrected chi connectivity index (χ3v) is 4.20. The van der Waals surface area contributed by atoms with Crippen LogP contribution in [0.25, 0.3) is 0 Å². The SMILES string of the molecule is C[C@H](NC[C@@H]1COC2(CCOCC2)O1)c1cc(F)cc(F)c1. The lowest BCUT2D eigenvalue weighted by Gasteiger charge is -2.31. The maximum atomic E-state index is 13.2. The van der Waals surface area contributed by atoms with Gasteiger partial charge in [0, 0.05) is 31.5 Å². The molecule has 0 aromatic heterocycles. The molecule has 2 fully saturated rings. The summed E-state index contributed by atoms with van der Waals surface area (Å²) in [5, 5.41) is 3.25. The predicted octanol–water partition coefficient (Wildman–Crippen LogP) is 2.54. The van der Waals surface area contributed by atoms with E-state index in [1.54, 1.807) is 0 Å². The Kier molecular flexibility index (Phi) is 4.73. The molecule has 2 aliphatic heterocycles. The largest absolute Gasteiger partial charge is 0.381 e. The molecule has 3 rings (SSSR count). The fourth-order valence-corrected chi connectivity index (χ4v) is 2.91. The number of hydrogen-bond donors (Lipinski definition) is 1. The topological polar surface area (TPSA) is 39.7 Å². The van der Waals surface area contributed by atoms with E-state index in [2.05, 4.69) is 5.32 Å². The molecule has 6 heteroatoms. The molecule has 1 aromatic carbocycles. The number of benzene rings is 1. The molecule has 0 amide bonds. The van der Waals surface area contributed by atoms with Gasteiger partial charge in [-0.15, -0.1) is 0 Å². The molecule has 1 N–H and O–H groups in total. The van der Waals surface area contributed by atoms with E-state index < -0.39 is 17.4 Å². The van der Waals surface area contributed by atoms with Gasteiger partial charge in [-0.1, -0.05) is 0 Å². The van der Waals surface area contributed by atoms with E-state index in [1.807, 2.05) is 6.92 Å². The first-order valence-corrected chi connectivity index (χ1v) is 7.65. The number of halogens is 2. The smallest absolute Gasteiger partial charge is 0.173 e. The molecule has 0 bridgehead atoms. The van der Waals surface area contributed by atoms with Crippen LogP contribution in [-0.2, 0) is 14.2 Å². The predicted molar refractivity (Wildman–Crippen MR) is 76.4 cm³/mol. The van der Waals surface area contributed by atoms with Crippen molar-refractivity contribution in [3.05, 3.63) is 35.4 Å². The highest BCUT2D eigenvalue weighted by Gasteiger charge is 2.42. The van der Waals surface area contributed by atoms with Crippen LogP contribution in [0.3, 0.4) is 0 Å². The summed E-state index contributed by atoms with van der Waals surface area (Å²) in [5.74, 6) is -1.63. The summed E-state index contributed by atoms with van der Waals surface area (Å²) in [6.07, 6.45) is 1.43. The van der Waals surface area contributed by atoms with Gasteiger partial charge in [-0.05, 0) is 24.6 Å². The van der Waals surface area contributed by atoms with E-state index in [0.29, 0.717) is 31.9 Å². The minimum Gasteiger partial charge on any atom is -0.381 e. The summed E-state index contributed by atoms with van der Waals surface area (Å²) in [6.45, 7) is 4.27. The summed E-state index contributed by atoms with van der Waals surface area (Å²) in [7, 11) is 0. The number of nitrogens with one attached hydrogen (secondary N) is 1. The second kappa shape index (κ2) is 6.58. The van der Waals surface area contributed by atoms with Gasteiger partial charge in [0.05, 0.1) is 25.9 Å². The second-order valence-corrected chi connectivity index (χ2v) is 5.91. The third kappa shape index (κ3) is 3.63. The normalized spacial score (nSPS) is 25.5. The van der Waals surface area contributed by atoms with Gasteiger partial charge in [-0.2, -0.15) is 0 Å². The van der Waals surface area contributed by atoms with Crippen molar-refractivity contribution >= 4 is 0 Å². The van der Waals surface area contributed by atoms with Gasteiger partial charge in [0.25, 0.3) is 0 Å². The van der Waals surface area contributed by atoms with Crippen LogP contribution in [0.5, 0.6) is 0 Å². The molecule has 0 saturated carbocycles. The first-order chi connectivity index (χ1) is 10.6. The fraction of sp³-hybridized carbons (Fsp3) is 0.625. The molecule has 1 spiro atoms. The van der Waals surface area contributed by atoms with Crippen molar-refractivity contribution in [1.29, 1.82) is 0 Å². The molecule has 122 valence electrons. The minimum absolute atomic E-state index is 0.0565. The molecule has 0 aliphatic carbocycles. The van der Waals surface area contributed by atoms with Crippen LogP contribution in [0.4, 0.5) is 8.78 Å². The van der Waals surface area contributed by atoms with Crippen LogP contribution in [0.1, 0.15) is 31.4 Å². The lowest BCUT2D eigenvalue weighted by atomic mass is 10.1. The number of ether oxygens (including phenoxy) is 3. The lowest BCUT2D eigenvalue weighted by molar-refractivity contribution is -0.210. The van der Waals surface area contributed by atoms with Crippen LogP contribution in [0.15, 0.2) is 18.2 Å². The monoisotopic (exact) mass is 313 g/mol. The van der Waals surface area contributed by atoms with Crippen molar-refractivity contribution < 1.29 is 23.0 Å². The van der Waals surface area contributed by atoms with Crippen molar-refractivity contribution in [3.8, 4) is 0 Å². The van der Waals surface area contributed by atoms with Gasteiger partial charge in [-0.3, -0.25) is 0 Å². The molecule has 2 aliphatic rings. The van der Waals surface area contributed by atoms with Crippen molar-refractivity contribution in [2.75, 3.05) is 26.4 Å². The quantitative estimate of drug-likeness (QED) is 0.927. The Morgan fingerprint density at radius 1 is 1.23 bits per heavy atom. The lowest BCUT2D eigenvalue weighted by Crippen LogP contribution is -2.39. The Morgan fingerprint density at radius 3 is 2.59 bits per heavy atom. The van der Waals surface area contributed by atoms with E-state index in [4.69, 9.17) is 14.2 Å². The summed E-state index contributed by atoms with van der Waals surface area (Å²) in [5.41, 5.74) is 0.581. The Morgan fingerprint density at radius 2 is 1.91 bits per heavy atom. The van der Waals surface area contributed by atoms with Crippen LogP contribution in [0, 0.1) is 11.6 Å². The van der Waals surface area contributed by atoms with Crippen molar-refractivity contribution in [2.24, 2.45) is 0 Å². The van der Waals surface area contributed by atoms with Gasteiger partial charge in [0.1, 0.15) is 11.6 Å². The molecule has 0 radical (unpaired) electrons. The van der Waals surface area contributed by atoms with Crippen LogP contribution < -0.4 is 5.32 Å². The zero-order valence-electron chi connectivity index (χ0n) is 12.6. The molecular formula is C16H21F2NO3. The van der Waals surface area contributed by atoms with E-state index >= 15 is 0 Å². The van der Waals surface area contributed by atoms with Gasteiger partial charge >= 0.3 is 0 Å². The molecular weight excluding hydrogens is 292 g/mol. The van der Waals surface area contributed by atoms with E-state index in [9.17, 15) is 8.78 Å². The summed E-state index contributed by atoms with van der Waals surface area (Å²) < 4.78 is 43.6. The highest BCUT2D eigenvalue weighted by molar-refractivity contribution is 5.20. The average Bonchev–Trinajstić information content (AvgIpc) is 2.87. The van der Waals surface area contributed by atoms with Crippen LogP contribution >= 0.6 is 0 Å². The van der Waals surface area contributed by atoms with E-state index in [1.165, 1.54) is 12.1 Å². The van der Waals surface area contributed by atoms with Crippen molar-refractivity contribution in [3.63, 3.8) is 0 Å². The first kappa shape index (κ1) is 15.8. The average molecular weight is 313 g/mol. The van der Waals surface area contributed by atoms with Crippen LogP contribution in [0.2, 0.25) is 0 Å². The van der Waals surface area contributed by atoms with Gasteiger partial charge in [-0.25, -0.2) is 8.78 Å². The molecule has 22 heavy (non-hydrogen) atoms. The molecule has 2 heterocycles. The molecule has 2 atom stereocenters. The van der Waals surface area contributed by atoms with Crippen LogP contribution in [-0.4, -0.2) is 38.3 Å². The fourth-order valence-electron chi connectivity index (χ4n) is 2.91. The molecule has 1 aromatic rings. The maximum absolute atomic E-state index is 13.2. The zero-order chi connectivity index (χ0) is 15.6. The highest BCUT2D eigenvalue weighted by Crippen LogP contribution is 2.33. The number of hydrogen-bond acceptors (Lipinski definition) is 4. The zero-order valence-corrected chi connectivity index (χ0v) is 12.6. The van der Waals surface area contributed by atoms with E-state index in [0.717, 1.165) is 18.9 Å². The maximum Gasteiger partial charge on any atom is 0.173 e. The molecule has 0 unspecified atom stereocenters. The standard InChI is InChI=1S/C16H21F2NO3/c1-11(12-6-13(17)8-14(18)7-12)19-9-15-10-21-16(22-15)2-4-20-5-3-16/h6-8,11,15,19H,2-5,9-10H2,1H3/t11-,15+/m0/s1. The molecule has 2 saturated heterocycles. The highest BCUT2D eigenvalue weighted by atomic mass is 19.1. The van der Waals surface area contributed by atoms with Crippen molar-refractivity contribution in [1.82, 2.24) is 5.32 Å². The molecule has 4 nitrogen and oxygen atoms in total. The second-order valence-electron chi connectivity index (χ2n) is 5.91. The van der Waals surface area contributed by atoms with E-state index in [-0.39, 0.29) is 12.1 Å². The third-order valence-electron chi connectivity index (χ3n) is 4.20. The summed E-state index contributed by atoms with van der Waals surface area (Å²) >= 11 is 0. The Labute approximate surface area is 128 Å². The van der Waals surface area contributed by atoms with Crippen molar-refractivity contribution in [2.45, 2.75) is 37.7 Å². The Bertz CT molecular complexity index is 500. The minimum atomic E-state index is -0.565. The van der Waals surface area contributed by atoms with Gasteiger partial charge in [0.2, 0.25) is 0 Å². The van der Waals surface area contributed by atoms with Gasteiger partial charge < -0.3 is 19.5 Å². The first-order valence-electron chi connectivity index (χ1n) is 7.65. The van der Waals surface area contributed by atoms with Gasteiger partial charge in [0.15, 0.2) is 5.79 Å². The Balaban J connectivity index is 1.52.